The van der Waals surface area contributed by atoms with E-state index in [0.29, 0.717) is 18.5 Å². The van der Waals surface area contributed by atoms with E-state index in [1.165, 1.54) is 0 Å². The molecule has 2 heterocycles. The fourth-order valence-corrected chi connectivity index (χ4v) is 2.76. The summed E-state index contributed by atoms with van der Waals surface area (Å²) in [7, 11) is 0. The number of carbonyl (C=O) groups is 1. The van der Waals surface area contributed by atoms with Crippen LogP contribution in [0.5, 0.6) is 0 Å². The van der Waals surface area contributed by atoms with Gasteiger partial charge < -0.3 is 19.6 Å². The number of amides is 1. The zero-order chi connectivity index (χ0) is 13.1. The fraction of sp³-hybridized carbons (Fsp3) is 0.923. The molecule has 0 aromatic heterocycles. The molecule has 0 saturated carbocycles. The average molecular weight is 256 g/mol. The van der Waals surface area contributed by atoms with Crippen LogP contribution in [0.1, 0.15) is 20.3 Å². The molecule has 104 valence electrons. The van der Waals surface area contributed by atoms with E-state index in [1.54, 1.807) is 0 Å². The van der Waals surface area contributed by atoms with Gasteiger partial charge in [0.1, 0.15) is 6.61 Å². The van der Waals surface area contributed by atoms with Gasteiger partial charge in [0.15, 0.2) is 0 Å². The third-order valence-corrected chi connectivity index (χ3v) is 3.95. The molecule has 2 aliphatic rings. The number of likely N-dealkylation sites (tertiary alicyclic amines) is 1. The van der Waals surface area contributed by atoms with Gasteiger partial charge in [-0.1, -0.05) is 0 Å². The minimum Gasteiger partial charge on any atom is -0.394 e. The molecule has 1 N–H and O–H groups in total. The van der Waals surface area contributed by atoms with E-state index in [4.69, 9.17) is 9.84 Å². The smallest absolute Gasteiger partial charge is 0.248 e. The van der Waals surface area contributed by atoms with Crippen LogP contribution in [-0.2, 0) is 9.53 Å². The first kappa shape index (κ1) is 13.8. The molecule has 2 saturated heterocycles. The Bertz CT molecular complexity index is 296. The molecular weight excluding hydrogens is 232 g/mol. The Morgan fingerprint density at radius 2 is 2.22 bits per heavy atom. The Morgan fingerprint density at radius 1 is 1.44 bits per heavy atom. The molecule has 18 heavy (non-hydrogen) atoms. The lowest BCUT2D eigenvalue weighted by Crippen LogP contribution is -2.49. The van der Waals surface area contributed by atoms with Gasteiger partial charge in [0.05, 0.1) is 12.7 Å². The summed E-state index contributed by atoms with van der Waals surface area (Å²) in [4.78, 5) is 16.1. The number of hydrogen-bond donors (Lipinski definition) is 1. The number of hydrogen-bond acceptors (Lipinski definition) is 4. The topological polar surface area (TPSA) is 53.0 Å². The van der Waals surface area contributed by atoms with Crippen molar-refractivity contribution in [2.75, 3.05) is 39.4 Å². The molecule has 0 bridgehead atoms. The van der Waals surface area contributed by atoms with E-state index < -0.39 is 0 Å². The molecule has 0 spiro atoms. The van der Waals surface area contributed by atoms with E-state index in [0.717, 1.165) is 26.1 Å². The summed E-state index contributed by atoms with van der Waals surface area (Å²) in [5.74, 6) is 0.622. The van der Waals surface area contributed by atoms with Crippen LogP contribution in [0.4, 0.5) is 0 Å². The van der Waals surface area contributed by atoms with Crippen molar-refractivity contribution in [3.8, 4) is 0 Å². The van der Waals surface area contributed by atoms with Gasteiger partial charge in [-0.2, -0.15) is 0 Å². The predicted octanol–water partition coefficient (Wildman–Crippen LogP) is -0.0636. The largest absolute Gasteiger partial charge is 0.394 e. The summed E-state index contributed by atoms with van der Waals surface area (Å²) in [6.07, 6.45) is 0.956. The number of morpholine rings is 1. The van der Waals surface area contributed by atoms with E-state index in [-0.39, 0.29) is 25.2 Å². The number of ether oxygens (including phenoxy) is 1. The summed E-state index contributed by atoms with van der Waals surface area (Å²) in [5, 5.41) is 9.10. The van der Waals surface area contributed by atoms with Crippen molar-refractivity contribution in [3.63, 3.8) is 0 Å². The number of aliphatic hydroxyl groups excluding tert-OH is 1. The maximum Gasteiger partial charge on any atom is 0.248 e. The molecule has 1 amide bonds. The monoisotopic (exact) mass is 256 g/mol. The Hall–Kier alpha value is -0.650. The molecule has 2 rings (SSSR count). The number of nitrogens with zero attached hydrogens (tertiary/aromatic N) is 2. The van der Waals surface area contributed by atoms with Crippen LogP contribution in [0.15, 0.2) is 0 Å². The van der Waals surface area contributed by atoms with E-state index in [9.17, 15) is 4.79 Å². The van der Waals surface area contributed by atoms with Crippen molar-refractivity contribution in [1.29, 1.82) is 0 Å². The van der Waals surface area contributed by atoms with Gasteiger partial charge in [-0.25, -0.2) is 0 Å². The summed E-state index contributed by atoms with van der Waals surface area (Å²) >= 11 is 0. The minimum atomic E-state index is -0.203. The van der Waals surface area contributed by atoms with Gasteiger partial charge in [-0.3, -0.25) is 4.79 Å². The molecule has 2 atom stereocenters. The van der Waals surface area contributed by atoms with Gasteiger partial charge in [-0.05, 0) is 32.7 Å². The Balaban J connectivity index is 1.83. The van der Waals surface area contributed by atoms with Crippen LogP contribution in [0.25, 0.3) is 0 Å². The van der Waals surface area contributed by atoms with E-state index >= 15 is 0 Å². The van der Waals surface area contributed by atoms with Crippen molar-refractivity contribution in [3.05, 3.63) is 0 Å². The van der Waals surface area contributed by atoms with Crippen molar-refractivity contribution >= 4 is 5.91 Å². The van der Waals surface area contributed by atoms with Crippen LogP contribution in [-0.4, -0.2) is 72.4 Å². The minimum absolute atomic E-state index is 0.00738. The second kappa shape index (κ2) is 5.99. The Labute approximate surface area is 109 Å². The highest BCUT2D eigenvalue weighted by Crippen LogP contribution is 2.20. The second-order valence-corrected chi connectivity index (χ2v) is 5.66. The molecule has 2 fully saturated rings. The van der Waals surface area contributed by atoms with Crippen LogP contribution in [0, 0.1) is 5.92 Å². The van der Waals surface area contributed by atoms with Crippen LogP contribution in [0.2, 0.25) is 0 Å². The van der Waals surface area contributed by atoms with Crippen LogP contribution < -0.4 is 0 Å². The first-order valence-electron chi connectivity index (χ1n) is 6.84. The third-order valence-electron chi connectivity index (χ3n) is 3.95. The molecule has 0 radical (unpaired) electrons. The van der Waals surface area contributed by atoms with Crippen molar-refractivity contribution in [1.82, 2.24) is 9.80 Å². The molecular formula is C13H24N2O3. The summed E-state index contributed by atoms with van der Waals surface area (Å²) in [6, 6.07) is 0.584. The first-order chi connectivity index (χ1) is 8.60. The normalized spacial score (nSPS) is 30.4. The molecule has 0 aromatic rings. The van der Waals surface area contributed by atoms with Crippen LogP contribution in [0.3, 0.4) is 0 Å². The highest BCUT2D eigenvalue weighted by atomic mass is 16.5. The van der Waals surface area contributed by atoms with Gasteiger partial charge >= 0.3 is 0 Å². The second-order valence-electron chi connectivity index (χ2n) is 5.66. The van der Waals surface area contributed by atoms with E-state index in [1.807, 2.05) is 4.90 Å². The molecule has 2 aliphatic heterocycles. The third kappa shape index (κ3) is 3.22. The van der Waals surface area contributed by atoms with Gasteiger partial charge in [0.25, 0.3) is 0 Å². The van der Waals surface area contributed by atoms with Gasteiger partial charge in [0.2, 0.25) is 5.91 Å². The molecule has 0 aliphatic carbocycles. The van der Waals surface area contributed by atoms with Gasteiger partial charge in [-0.15, -0.1) is 0 Å². The Kier molecular flexibility index (Phi) is 4.59. The maximum absolute atomic E-state index is 11.8. The van der Waals surface area contributed by atoms with Crippen molar-refractivity contribution in [2.24, 2.45) is 5.92 Å². The highest BCUT2D eigenvalue weighted by Gasteiger charge is 2.31. The number of carbonyl (C=O) groups excluding carboxylic acids is 1. The molecule has 0 aromatic carbocycles. The summed E-state index contributed by atoms with van der Waals surface area (Å²) < 4.78 is 5.24. The zero-order valence-electron chi connectivity index (χ0n) is 11.3. The number of rotatable bonds is 4. The molecule has 5 nitrogen and oxygen atoms in total. The first-order valence-corrected chi connectivity index (χ1v) is 6.84. The SMILES string of the molecule is CC(C)N1CCC(CN2CC(CO)OCC2=O)C1. The predicted molar refractivity (Wildman–Crippen MR) is 68.2 cm³/mol. The van der Waals surface area contributed by atoms with Gasteiger partial charge in [0, 0.05) is 25.7 Å². The molecule has 5 heteroatoms. The van der Waals surface area contributed by atoms with Crippen LogP contribution >= 0.6 is 0 Å². The lowest BCUT2D eigenvalue weighted by atomic mass is 10.1. The average Bonchev–Trinajstić information content (AvgIpc) is 2.81. The molecule has 2 unspecified atom stereocenters. The zero-order valence-corrected chi connectivity index (χ0v) is 11.3. The van der Waals surface area contributed by atoms with Crippen molar-refractivity contribution < 1.29 is 14.6 Å². The standard InChI is InChI=1S/C13H24N2O3/c1-10(2)14-4-3-11(5-14)6-15-7-12(8-16)18-9-13(15)17/h10-12,16H,3-9H2,1-2H3. The van der Waals surface area contributed by atoms with E-state index in [2.05, 4.69) is 18.7 Å². The number of aliphatic hydroxyl groups is 1. The summed E-state index contributed by atoms with van der Waals surface area (Å²) in [5.41, 5.74) is 0. The fourth-order valence-electron chi connectivity index (χ4n) is 2.76. The summed E-state index contributed by atoms with van der Waals surface area (Å²) in [6.45, 7) is 8.08. The Morgan fingerprint density at radius 3 is 2.83 bits per heavy atom. The maximum atomic E-state index is 11.8. The quantitative estimate of drug-likeness (QED) is 0.765. The highest BCUT2D eigenvalue weighted by molar-refractivity contribution is 5.78. The van der Waals surface area contributed by atoms with Crippen molar-refractivity contribution in [2.45, 2.75) is 32.4 Å². The lowest BCUT2D eigenvalue weighted by molar-refractivity contribution is -0.151. The lowest BCUT2D eigenvalue weighted by Gasteiger charge is -2.33.